The summed E-state index contributed by atoms with van der Waals surface area (Å²) in [6.45, 7) is 1.36. The van der Waals surface area contributed by atoms with Crippen LogP contribution in [0.3, 0.4) is 0 Å². The van der Waals surface area contributed by atoms with E-state index in [1.807, 2.05) is 0 Å². The van der Waals surface area contributed by atoms with Crippen molar-refractivity contribution in [2.24, 2.45) is 0 Å². The molecule has 0 rings (SSSR count). The summed E-state index contributed by atoms with van der Waals surface area (Å²) in [5.41, 5.74) is 0. The molecule has 0 aliphatic carbocycles. The van der Waals surface area contributed by atoms with Crippen molar-refractivity contribution in [3.8, 4) is 0 Å². The van der Waals surface area contributed by atoms with E-state index in [-0.39, 0.29) is 0 Å². The minimum atomic E-state index is -3.98. The monoisotopic (exact) mass is 226 g/mol. The Morgan fingerprint density at radius 3 is 2.14 bits per heavy atom. The number of carboxylic acids is 1. The predicted molar refractivity (Wildman–Crippen MR) is 48.6 cm³/mol. The molecule has 1 unspecified atom stereocenters. The van der Waals surface area contributed by atoms with Crippen LogP contribution in [0.5, 0.6) is 0 Å². The van der Waals surface area contributed by atoms with Crippen molar-refractivity contribution in [3.63, 3.8) is 0 Å². The van der Waals surface area contributed by atoms with Crippen LogP contribution >= 0.6 is 0 Å². The molecule has 3 N–H and O–H groups in total. The molecule has 84 valence electrons. The van der Waals surface area contributed by atoms with Crippen molar-refractivity contribution in [1.29, 1.82) is 0 Å². The van der Waals surface area contributed by atoms with Crippen LogP contribution in [0.15, 0.2) is 0 Å². The van der Waals surface area contributed by atoms with Gasteiger partial charge in [0, 0.05) is 0 Å². The maximum Gasteiger partial charge on any atom is 0.324 e. The van der Waals surface area contributed by atoms with Crippen molar-refractivity contribution in [3.05, 3.63) is 0 Å². The van der Waals surface area contributed by atoms with Crippen molar-refractivity contribution in [2.75, 3.05) is 12.4 Å². The second-order valence-electron chi connectivity index (χ2n) is 3.43. The zero-order valence-corrected chi connectivity index (χ0v) is 8.78. The Bertz CT molecular complexity index is 304. The minimum Gasteiger partial charge on any atom is -0.480 e. The summed E-state index contributed by atoms with van der Waals surface area (Å²) in [4.78, 5) is 10.6. The summed E-state index contributed by atoms with van der Waals surface area (Å²) < 4.78 is 20.9. The Balaban J connectivity index is 4.89. The maximum atomic E-state index is 11.4. The molecule has 0 aromatic heterocycles. The lowest BCUT2D eigenvalue weighted by molar-refractivity contribution is -0.139. The molecule has 14 heavy (non-hydrogen) atoms. The lowest BCUT2D eigenvalue weighted by Gasteiger charge is -2.20. The molecule has 0 saturated carbocycles. The van der Waals surface area contributed by atoms with Gasteiger partial charge < -0.3 is 15.3 Å². The summed E-state index contributed by atoms with van der Waals surface area (Å²) in [6, 6.07) is 0. The van der Waals surface area contributed by atoms with Gasteiger partial charge in [0.2, 0.25) is 0 Å². The molecular formula is C7H14O6S. The van der Waals surface area contributed by atoms with Crippen molar-refractivity contribution < 1.29 is 28.5 Å². The van der Waals surface area contributed by atoms with Gasteiger partial charge in [-0.2, -0.15) is 0 Å². The largest absolute Gasteiger partial charge is 0.480 e. The number of aliphatic carboxylic acids is 1. The van der Waals surface area contributed by atoms with Crippen molar-refractivity contribution >= 4 is 15.8 Å². The van der Waals surface area contributed by atoms with Gasteiger partial charge in [0.25, 0.3) is 0 Å². The van der Waals surface area contributed by atoms with Crippen LogP contribution < -0.4 is 0 Å². The Morgan fingerprint density at radius 1 is 1.43 bits per heavy atom. The number of carbonyl (C=O) groups is 1. The van der Waals surface area contributed by atoms with E-state index < -0.39 is 39.0 Å². The van der Waals surface area contributed by atoms with Gasteiger partial charge in [0.15, 0.2) is 14.6 Å². The highest BCUT2D eigenvalue weighted by molar-refractivity contribution is 7.93. The second kappa shape index (κ2) is 4.24. The van der Waals surface area contributed by atoms with Crippen molar-refractivity contribution in [2.45, 2.75) is 24.7 Å². The van der Waals surface area contributed by atoms with Gasteiger partial charge in [-0.15, -0.1) is 0 Å². The lowest BCUT2D eigenvalue weighted by atomic mass is 10.2. The van der Waals surface area contributed by atoms with E-state index in [1.54, 1.807) is 0 Å². The molecule has 0 aliphatic heterocycles. The Hall–Kier alpha value is -0.660. The highest BCUT2D eigenvalue weighted by Gasteiger charge is 2.42. The first-order valence-electron chi connectivity index (χ1n) is 3.89. The van der Waals surface area contributed by atoms with E-state index in [0.717, 1.165) is 13.8 Å². The highest BCUT2D eigenvalue weighted by atomic mass is 32.2. The zero-order valence-electron chi connectivity index (χ0n) is 7.97. The Labute approximate surface area is 82.1 Å². The Morgan fingerprint density at radius 2 is 1.86 bits per heavy atom. The van der Waals surface area contributed by atoms with Crippen LogP contribution in [-0.2, 0) is 14.6 Å². The number of aliphatic hydroxyl groups is 2. The molecule has 0 heterocycles. The summed E-state index contributed by atoms with van der Waals surface area (Å²) in [6.07, 6.45) is -1.45. The summed E-state index contributed by atoms with van der Waals surface area (Å²) in [7, 11) is -3.98. The molecule has 0 amide bonds. The van der Waals surface area contributed by atoms with E-state index in [2.05, 4.69) is 0 Å². The van der Waals surface area contributed by atoms with Gasteiger partial charge in [-0.1, -0.05) is 0 Å². The lowest BCUT2D eigenvalue weighted by Crippen LogP contribution is -2.44. The standard InChI is InChI=1S/C7H14O6S/c1-7(2,6(10)11)14(12,13)4-5(9)3-8/h5,8-9H,3-4H2,1-2H3,(H,10,11). The van der Waals surface area contributed by atoms with Gasteiger partial charge in [-0.25, -0.2) is 8.42 Å². The number of aliphatic hydroxyl groups excluding tert-OH is 2. The third kappa shape index (κ3) is 2.66. The molecule has 0 aromatic rings. The number of hydrogen-bond acceptors (Lipinski definition) is 5. The molecule has 1 atom stereocenters. The minimum absolute atomic E-state index is 0.713. The Kier molecular flexibility index (Phi) is 4.04. The van der Waals surface area contributed by atoms with E-state index in [1.165, 1.54) is 0 Å². The third-order valence-corrected chi connectivity index (χ3v) is 4.47. The SMILES string of the molecule is CC(C)(C(=O)O)S(=O)(=O)CC(O)CO. The fraction of sp³-hybridized carbons (Fsp3) is 0.857. The second-order valence-corrected chi connectivity index (χ2v) is 6.02. The molecule has 0 aliphatic rings. The zero-order chi connectivity index (χ0) is 11.6. The smallest absolute Gasteiger partial charge is 0.324 e. The summed E-state index contributed by atoms with van der Waals surface area (Å²) in [5.74, 6) is -2.24. The number of rotatable bonds is 5. The fourth-order valence-electron chi connectivity index (χ4n) is 0.647. The van der Waals surface area contributed by atoms with Crippen LogP contribution in [0.2, 0.25) is 0 Å². The fourth-order valence-corrected chi connectivity index (χ4v) is 1.94. The molecule has 0 aromatic carbocycles. The topological polar surface area (TPSA) is 112 Å². The normalized spacial score (nSPS) is 15.1. The average Bonchev–Trinajstić information content (AvgIpc) is 2.02. The van der Waals surface area contributed by atoms with Crippen LogP contribution in [0, 0.1) is 0 Å². The van der Waals surface area contributed by atoms with Gasteiger partial charge in [-0.05, 0) is 13.8 Å². The van der Waals surface area contributed by atoms with Crippen LogP contribution in [0.25, 0.3) is 0 Å². The van der Waals surface area contributed by atoms with Crippen LogP contribution in [-0.4, -0.2) is 52.9 Å². The summed E-state index contributed by atoms with van der Waals surface area (Å²) in [5, 5.41) is 26.0. The van der Waals surface area contributed by atoms with Crippen molar-refractivity contribution in [1.82, 2.24) is 0 Å². The molecule has 0 fully saturated rings. The highest BCUT2D eigenvalue weighted by Crippen LogP contribution is 2.18. The van der Waals surface area contributed by atoms with Crippen LogP contribution in [0.4, 0.5) is 0 Å². The van der Waals surface area contributed by atoms with Gasteiger partial charge >= 0.3 is 5.97 Å². The first-order valence-corrected chi connectivity index (χ1v) is 5.55. The molecule has 0 spiro atoms. The number of sulfone groups is 1. The van der Waals surface area contributed by atoms with E-state index in [0.29, 0.717) is 0 Å². The quantitative estimate of drug-likeness (QED) is 0.532. The molecule has 0 bridgehead atoms. The van der Waals surface area contributed by atoms with Crippen LogP contribution in [0.1, 0.15) is 13.8 Å². The first-order chi connectivity index (χ1) is 6.15. The van der Waals surface area contributed by atoms with E-state index >= 15 is 0 Å². The number of carboxylic acid groups (broad SMARTS) is 1. The van der Waals surface area contributed by atoms with E-state index in [9.17, 15) is 13.2 Å². The number of hydrogen-bond donors (Lipinski definition) is 3. The third-order valence-electron chi connectivity index (χ3n) is 1.92. The molecular weight excluding hydrogens is 212 g/mol. The first kappa shape index (κ1) is 13.3. The van der Waals surface area contributed by atoms with E-state index in [4.69, 9.17) is 15.3 Å². The predicted octanol–water partition coefficient (Wildman–Crippen LogP) is -1.38. The molecule has 7 heteroatoms. The van der Waals surface area contributed by atoms with Gasteiger partial charge in [0.1, 0.15) is 0 Å². The van der Waals surface area contributed by atoms with Gasteiger partial charge in [0.05, 0.1) is 18.5 Å². The van der Waals surface area contributed by atoms with Gasteiger partial charge in [-0.3, -0.25) is 4.79 Å². The molecule has 0 radical (unpaired) electrons. The summed E-state index contributed by atoms with van der Waals surface area (Å²) >= 11 is 0. The average molecular weight is 226 g/mol. The molecule has 6 nitrogen and oxygen atoms in total. The maximum absolute atomic E-state index is 11.4. The molecule has 0 saturated heterocycles.